The van der Waals surface area contributed by atoms with Gasteiger partial charge in [-0.25, -0.2) is 0 Å². The Hall–Kier alpha value is -0.0800. The summed E-state index contributed by atoms with van der Waals surface area (Å²) < 4.78 is 5.57. The Bertz CT molecular complexity index is 257. The molecule has 0 aromatic heterocycles. The molecule has 150 valence electrons. The summed E-state index contributed by atoms with van der Waals surface area (Å²) in [5, 5.41) is 0. The molecule has 0 atom stereocenters. The summed E-state index contributed by atoms with van der Waals surface area (Å²) in [6.45, 7) is 7.28. The highest BCUT2D eigenvalue weighted by atomic mass is 16.5. The molecular formula is C23H47NO. The first-order chi connectivity index (χ1) is 12.3. The van der Waals surface area contributed by atoms with Crippen LogP contribution in [0.25, 0.3) is 0 Å². The van der Waals surface area contributed by atoms with Gasteiger partial charge in [0.1, 0.15) is 0 Å². The highest BCUT2D eigenvalue weighted by molar-refractivity contribution is 4.80. The summed E-state index contributed by atoms with van der Waals surface area (Å²) in [7, 11) is 1.88. The zero-order valence-electron chi connectivity index (χ0n) is 17.7. The second-order valence-electron chi connectivity index (χ2n) is 8.24. The van der Waals surface area contributed by atoms with Gasteiger partial charge in [0.2, 0.25) is 0 Å². The van der Waals surface area contributed by atoms with Crippen LogP contribution in [-0.2, 0) is 4.74 Å². The molecule has 0 unspecified atom stereocenters. The van der Waals surface area contributed by atoms with E-state index in [2.05, 4.69) is 18.7 Å². The summed E-state index contributed by atoms with van der Waals surface area (Å²) in [5.41, 5.74) is 0. The zero-order valence-corrected chi connectivity index (χ0v) is 17.7. The van der Waals surface area contributed by atoms with Gasteiger partial charge in [0, 0.05) is 13.2 Å². The smallest absolute Gasteiger partial charge is 0.0572 e. The van der Waals surface area contributed by atoms with Gasteiger partial charge in [-0.05, 0) is 51.6 Å². The van der Waals surface area contributed by atoms with Gasteiger partial charge in [0.15, 0.2) is 0 Å². The van der Waals surface area contributed by atoms with Gasteiger partial charge in [-0.1, -0.05) is 78.1 Å². The van der Waals surface area contributed by atoms with Gasteiger partial charge in [0.25, 0.3) is 0 Å². The molecule has 1 rings (SSSR count). The van der Waals surface area contributed by atoms with Crippen LogP contribution in [0.2, 0.25) is 0 Å². The molecule has 0 spiro atoms. The van der Waals surface area contributed by atoms with E-state index in [1.807, 2.05) is 7.11 Å². The number of ether oxygens (including phenoxy) is 1. The Morgan fingerprint density at radius 3 is 1.52 bits per heavy atom. The molecule has 0 N–H and O–H groups in total. The van der Waals surface area contributed by atoms with Crippen LogP contribution in [0.5, 0.6) is 0 Å². The lowest BCUT2D eigenvalue weighted by Gasteiger charge is -2.36. The second-order valence-corrected chi connectivity index (χ2v) is 8.24. The third kappa shape index (κ3) is 11.3. The van der Waals surface area contributed by atoms with Crippen molar-refractivity contribution in [2.45, 2.75) is 129 Å². The zero-order chi connectivity index (χ0) is 18.2. The molecule has 0 aromatic rings. The van der Waals surface area contributed by atoms with E-state index in [0.717, 1.165) is 6.04 Å². The van der Waals surface area contributed by atoms with Crippen molar-refractivity contribution >= 4 is 0 Å². The number of rotatable bonds is 16. The molecule has 0 bridgehead atoms. The molecule has 2 heteroatoms. The fraction of sp³-hybridized carbons (Fsp3) is 1.00. The van der Waals surface area contributed by atoms with Gasteiger partial charge < -0.3 is 9.64 Å². The lowest BCUT2D eigenvalue weighted by molar-refractivity contribution is 0.0374. The van der Waals surface area contributed by atoms with Gasteiger partial charge >= 0.3 is 0 Å². The summed E-state index contributed by atoms with van der Waals surface area (Å²) in [5.74, 6) is 0. The van der Waals surface area contributed by atoms with Crippen LogP contribution in [0.4, 0.5) is 0 Å². The third-order valence-electron chi connectivity index (χ3n) is 6.09. The molecule has 25 heavy (non-hydrogen) atoms. The number of hydrogen-bond donors (Lipinski definition) is 0. The van der Waals surface area contributed by atoms with Gasteiger partial charge in [0.05, 0.1) is 6.10 Å². The number of nitrogens with zero attached hydrogens (tertiary/aromatic N) is 1. The van der Waals surface area contributed by atoms with E-state index in [1.165, 1.54) is 116 Å². The molecule has 0 aliphatic heterocycles. The Morgan fingerprint density at radius 1 is 0.640 bits per heavy atom. The topological polar surface area (TPSA) is 12.5 Å². The van der Waals surface area contributed by atoms with Crippen LogP contribution in [0, 0.1) is 0 Å². The highest BCUT2D eigenvalue weighted by Crippen LogP contribution is 2.25. The minimum Gasteiger partial charge on any atom is -0.381 e. The van der Waals surface area contributed by atoms with E-state index in [0.29, 0.717) is 6.10 Å². The molecule has 1 fully saturated rings. The van der Waals surface area contributed by atoms with Gasteiger partial charge in [-0.15, -0.1) is 0 Å². The quantitative estimate of drug-likeness (QED) is 0.278. The first kappa shape index (κ1) is 23.0. The summed E-state index contributed by atoms with van der Waals surface area (Å²) in [4.78, 5) is 2.85. The van der Waals surface area contributed by atoms with Crippen molar-refractivity contribution in [3.05, 3.63) is 0 Å². The van der Waals surface area contributed by atoms with Crippen molar-refractivity contribution in [2.24, 2.45) is 0 Å². The van der Waals surface area contributed by atoms with Crippen molar-refractivity contribution < 1.29 is 4.74 Å². The van der Waals surface area contributed by atoms with Crippen molar-refractivity contribution in [3.63, 3.8) is 0 Å². The Kier molecular flexibility index (Phi) is 14.8. The highest BCUT2D eigenvalue weighted by Gasteiger charge is 2.25. The maximum absolute atomic E-state index is 5.57. The van der Waals surface area contributed by atoms with E-state index in [-0.39, 0.29) is 0 Å². The number of unbranched alkanes of at least 4 members (excludes halogenated alkanes) is 10. The Labute approximate surface area is 159 Å². The monoisotopic (exact) mass is 353 g/mol. The van der Waals surface area contributed by atoms with Crippen molar-refractivity contribution in [1.82, 2.24) is 4.90 Å². The van der Waals surface area contributed by atoms with Crippen LogP contribution in [0.15, 0.2) is 0 Å². The summed E-state index contributed by atoms with van der Waals surface area (Å²) in [6.07, 6.45) is 22.7. The standard InChI is InChI=1S/C23H47NO/c1-4-6-8-10-12-14-20-24(21-15-13-11-9-7-5-2)22-16-18-23(25-3)19-17-22/h22-23H,4-21H2,1-3H3. The van der Waals surface area contributed by atoms with Crippen LogP contribution in [-0.4, -0.2) is 37.2 Å². The lowest BCUT2D eigenvalue weighted by Crippen LogP contribution is -2.40. The van der Waals surface area contributed by atoms with Crippen LogP contribution in [0.3, 0.4) is 0 Å². The van der Waals surface area contributed by atoms with Crippen LogP contribution >= 0.6 is 0 Å². The SMILES string of the molecule is CCCCCCCCN(CCCCCCCC)C1CCC(OC)CC1. The normalized spacial score (nSPS) is 21.1. The first-order valence-electron chi connectivity index (χ1n) is 11.6. The van der Waals surface area contributed by atoms with Crippen molar-refractivity contribution in [1.29, 1.82) is 0 Å². The molecule has 0 radical (unpaired) electrons. The van der Waals surface area contributed by atoms with E-state index >= 15 is 0 Å². The third-order valence-corrected chi connectivity index (χ3v) is 6.09. The van der Waals surface area contributed by atoms with Crippen LogP contribution < -0.4 is 0 Å². The molecule has 0 heterocycles. The molecule has 1 aliphatic rings. The Balaban J connectivity index is 2.25. The van der Waals surface area contributed by atoms with Crippen molar-refractivity contribution in [2.75, 3.05) is 20.2 Å². The Morgan fingerprint density at radius 2 is 1.08 bits per heavy atom. The fourth-order valence-corrected chi connectivity index (χ4v) is 4.31. The van der Waals surface area contributed by atoms with Crippen LogP contribution in [0.1, 0.15) is 117 Å². The minimum atomic E-state index is 0.529. The van der Waals surface area contributed by atoms with Gasteiger partial charge in [-0.3, -0.25) is 0 Å². The summed E-state index contributed by atoms with van der Waals surface area (Å²) >= 11 is 0. The second kappa shape index (κ2) is 16.1. The largest absolute Gasteiger partial charge is 0.381 e. The maximum atomic E-state index is 5.57. The average molecular weight is 354 g/mol. The predicted molar refractivity (Wildman–Crippen MR) is 111 cm³/mol. The maximum Gasteiger partial charge on any atom is 0.0572 e. The molecule has 0 aromatic carbocycles. The predicted octanol–water partition coefficient (Wildman–Crippen LogP) is 6.97. The fourth-order valence-electron chi connectivity index (χ4n) is 4.31. The molecule has 0 amide bonds. The van der Waals surface area contributed by atoms with Gasteiger partial charge in [-0.2, -0.15) is 0 Å². The molecule has 0 saturated heterocycles. The molecule has 1 aliphatic carbocycles. The van der Waals surface area contributed by atoms with E-state index in [1.54, 1.807) is 0 Å². The average Bonchev–Trinajstić information content (AvgIpc) is 2.65. The lowest BCUT2D eigenvalue weighted by atomic mass is 9.91. The van der Waals surface area contributed by atoms with E-state index < -0.39 is 0 Å². The summed E-state index contributed by atoms with van der Waals surface area (Å²) in [6, 6.07) is 0.831. The minimum absolute atomic E-state index is 0.529. The molecule has 1 saturated carbocycles. The first-order valence-corrected chi connectivity index (χ1v) is 11.6. The number of hydrogen-bond acceptors (Lipinski definition) is 2. The van der Waals surface area contributed by atoms with E-state index in [4.69, 9.17) is 4.74 Å². The van der Waals surface area contributed by atoms with E-state index in [9.17, 15) is 0 Å². The molecule has 2 nitrogen and oxygen atoms in total. The van der Waals surface area contributed by atoms with Crippen molar-refractivity contribution in [3.8, 4) is 0 Å². The molecular weight excluding hydrogens is 306 g/mol. The number of methoxy groups -OCH3 is 1.